The van der Waals surface area contributed by atoms with Gasteiger partial charge in [0.25, 0.3) is 0 Å². The molecule has 23 heavy (non-hydrogen) atoms. The quantitative estimate of drug-likeness (QED) is 0.797. The molecule has 3 rings (SSSR count). The van der Waals surface area contributed by atoms with E-state index in [9.17, 15) is 4.79 Å². The lowest BCUT2D eigenvalue weighted by atomic mass is 9.98. The fourth-order valence-corrected chi connectivity index (χ4v) is 2.85. The Hall–Kier alpha value is -2.24. The van der Waals surface area contributed by atoms with E-state index in [1.807, 2.05) is 45.0 Å². The van der Waals surface area contributed by atoms with E-state index in [0.29, 0.717) is 31.8 Å². The van der Waals surface area contributed by atoms with Crippen molar-refractivity contribution in [3.05, 3.63) is 29.8 Å². The second-order valence-electron chi connectivity index (χ2n) is 7.01. The number of carbonyl (C=O) groups is 1. The molecule has 0 atom stereocenters. The topological polar surface area (TPSA) is 77.2 Å². The van der Waals surface area contributed by atoms with Gasteiger partial charge in [0.05, 0.1) is 5.56 Å². The van der Waals surface area contributed by atoms with Crippen LogP contribution >= 0.6 is 0 Å². The van der Waals surface area contributed by atoms with Crippen LogP contribution in [0, 0.1) is 0 Å². The number of para-hydroxylation sites is 1. The summed E-state index contributed by atoms with van der Waals surface area (Å²) in [6.45, 7) is 6.66. The molecule has 0 aromatic heterocycles. The fourth-order valence-electron chi connectivity index (χ4n) is 2.85. The molecule has 0 saturated carbocycles. The first-order valence-electron chi connectivity index (χ1n) is 7.90. The van der Waals surface area contributed by atoms with Crippen LogP contribution in [0.3, 0.4) is 0 Å². The largest absolute Gasteiger partial charge is 0.465 e. The molecule has 6 nitrogen and oxygen atoms in total. The number of aliphatic imine (C=N–C) groups is 1. The number of fused-ring (bicyclic) bond motifs is 1. The molecule has 0 unspecified atom stereocenters. The molecule has 0 bridgehead atoms. The van der Waals surface area contributed by atoms with Gasteiger partial charge >= 0.3 is 6.09 Å². The molecule has 2 heterocycles. The summed E-state index contributed by atoms with van der Waals surface area (Å²) in [5, 5.41) is 0. The van der Waals surface area contributed by atoms with E-state index >= 15 is 0 Å². The summed E-state index contributed by atoms with van der Waals surface area (Å²) >= 11 is 0. The Labute approximate surface area is 136 Å². The minimum atomic E-state index is -0.670. The summed E-state index contributed by atoms with van der Waals surface area (Å²) in [5.74, 6) is 1.25. The predicted octanol–water partition coefficient (Wildman–Crippen LogP) is 2.51. The molecule has 1 spiro atoms. The van der Waals surface area contributed by atoms with Crippen molar-refractivity contribution in [1.82, 2.24) is 4.90 Å². The Kier molecular flexibility index (Phi) is 3.70. The summed E-state index contributed by atoms with van der Waals surface area (Å²) < 4.78 is 11.5. The van der Waals surface area contributed by atoms with E-state index in [0.717, 1.165) is 11.3 Å². The number of benzene rings is 1. The number of amidine groups is 1. The van der Waals surface area contributed by atoms with Crippen molar-refractivity contribution < 1.29 is 14.3 Å². The number of nitrogens with two attached hydrogens (primary N) is 1. The third-order valence-electron chi connectivity index (χ3n) is 3.98. The average molecular weight is 317 g/mol. The first-order valence-corrected chi connectivity index (χ1v) is 7.90. The standard InChI is InChI=1S/C17H23N3O3/c1-16(2,3)23-15(21)20-10-8-17(9-11-20)19-14(18)12-6-4-5-7-13(12)22-17/h4-7H,8-11H2,1-3H3,(H2,18,19). The van der Waals surface area contributed by atoms with Crippen molar-refractivity contribution in [3.8, 4) is 5.75 Å². The lowest BCUT2D eigenvalue weighted by Gasteiger charge is -2.41. The maximum Gasteiger partial charge on any atom is 0.410 e. The average Bonchev–Trinajstić information content (AvgIpc) is 2.46. The minimum absolute atomic E-state index is 0.291. The van der Waals surface area contributed by atoms with Crippen LogP contribution in [0.5, 0.6) is 5.75 Å². The van der Waals surface area contributed by atoms with E-state index < -0.39 is 11.3 Å². The van der Waals surface area contributed by atoms with Crippen LogP contribution in [0.1, 0.15) is 39.2 Å². The number of piperidine rings is 1. The number of hydrogen-bond acceptors (Lipinski definition) is 5. The van der Waals surface area contributed by atoms with Crippen LogP contribution in [-0.4, -0.2) is 41.2 Å². The van der Waals surface area contributed by atoms with E-state index in [1.165, 1.54) is 0 Å². The zero-order chi connectivity index (χ0) is 16.7. The van der Waals surface area contributed by atoms with Gasteiger partial charge in [-0.15, -0.1) is 0 Å². The highest BCUT2D eigenvalue weighted by Gasteiger charge is 2.41. The van der Waals surface area contributed by atoms with Crippen LogP contribution in [0.2, 0.25) is 0 Å². The van der Waals surface area contributed by atoms with Crippen molar-refractivity contribution >= 4 is 11.9 Å². The number of hydrogen-bond donors (Lipinski definition) is 1. The summed E-state index contributed by atoms with van der Waals surface area (Å²) in [7, 11) is 0. The van der Waals surface area contributed by atoms with Crippen LogP contribution in [-0.2, 0) is 4.74 Å². The van der Waals surface area contributed by atoms with Crippen LogP contribution in [0.25, 0.3) is 0 Å². The Morgan fingerprint density at radius 3 is 2.61 bits per heavy atom. The molecule has 1 aromatic rings. The van der Waals surface area contributed by atoms with Crippen LogP contribution in [0.4, 0.5) is 4.79 Å². The van der Waals surface area contributed by atoms with Crippen LogP contribution in [0.15, 0.2) is 29.3 Å². The molecule has 1 saturated heterocycles. The first-order chi connectivity index (χ1) is 10.8. The molecule has 0 aliphatic carbocycles. The van der Waals surface area contributed by atoms with E-state index in [1.54, 1.807) is 4.90 Å². The third kappa shape index (κ3) is 3.25. The number of rotatable bonds is 0. The number of carbonyl (C=O) groups excluding carboxylic acids is 1. The molecule has 1 aromatic carbocycles. The van der Waals surface area contributed by atoms with Crippen molar-refractivity contribution in [2.24, 2.45) is 10.7 Å². The van der Waals surface area contributed by atoms with E-state index in [2.05, 4.69) is 4.99 Å². The fraction of sp³-hybridized carbons (Fsp3) is 0.529. The van der Waals surface area contributed by atoms with Gasteiger partial charge in [0, 0.05) is 25.9 Å². The van der Waals surface area contributed by atoms with Crippen molar-refractivity contribution in [2.75, 3.05) is 13.1 Å². The maximum atomic E-state index is 12.2. The highest BCUT2D eigenvalue weighted by atomic mass is 16.6. The highest BCUT2D eigenvalue weighted by Crippen LogP contribution is 2.36. The van der Waals surface area contributed by atoms with Crippen molar-refractivity contribution in [3.63, 3.8) is 0 Å². The zero-order valence-corrected chi connectivity index (χ0v) is 13.8. The maximum absolute atomic E-state index is 12.2. The van der Waals surface area contributed by atoms with E-state index in [-0.39, 0.29) is 6.09 Å². The number of likely N-dealkylation sites (tertiary alicyclic amines) is 1. The summed E-state index contributed by atoms with van der Waals surface area (Å²) in [6.07, 6.45) is 0.906. The molecule has 124 valence electrons. The van der Waals surface area contributed by atoms with Gasteiger partial charge in [0.2, 0.25) is 5.72 Å². The predicted molar refractivity (Wildman–Crippen MR) is 87.6 cm³/mol. The van der Waals surface area contributed by atoms with Gasteiger partial charge in [-0.05, 0) is 32.9 Å². The summed E-state index contributed by atoms with van der Waals surface area (Å²) in [4.78, 5) is 18.4. The van der Waals surface area contributed by atoms with Gasteiger partial charge < -0.3 is 20.1 Å². The first kappa shape index (κ1) is 15.6. The van der Waals surface area contributed by atoms with Crippen molar-refractivity contribution in [2.45, 2.75) is 44.9 Å². The zero-order valence-electron chi connectivity index (χ0n) is 13.8. The Bertz CT molecular complexity index is 641. The molecule has 0 radical (unpaired) electrons. The third-order valence-corrected chi connectivity index (χ3v) is 3.98. The summed E-state index contributed by atoms with van der Waals surface area (Å²) in [5.41, 5.74) is 5.76. The molecular formula is C17H23N3O3. The molecular weight excluding hydrogens is 294 g/mol. The Morgan fingerprint density at radius 2 is 1.96 bits per heavy atom. The molecule has 2 N–H and O–H groups in total. The molecule has 2 aliphatic rings. The monoisotopic (exact) mass is 317 g/mol. The Balaban J connectivity index is 1.70. The molecule has 1 fully saturated rings. The van der Waals surface area contributed by atoms with Gasteiger partial charge in [-0.2, -0.15) is 0 Å². The number of nitrogens with zero attached hydrogens (tertiary/aromatic N) is 2. The smallest absolute Gasteiger partial charge is 0.410 e. The van der Waals surface area contributed by atoms with Crippen molar-refractivity contribution in [1.29, 1.82) is 0 Å². The number of ether oxygens (including phenoxy) is 2. The second-order valence-corrected chi connectivity index (χ2v) is 7.01. The molecule has 6 heteroatoms. The van der Waals surface area contributed by atoms with Gasteiger partial charge in [-0.3, -0.25) is 0 Å². The van der Waals surface area contributed by atoms with Crippen LogP contribution < -0.4 is 10.5 Å². The highest BCUT2D eigenvalue weighted by molar-refractivity contribution is 6.00. The number of amides is 1. The summed E-state index contributed by atoms with van der Waals surface area (Å²) in [6, 6.07) is 7.63. The minimum Gasteiger partial charge on any atom is -0.465 e. The lowest BCUT2D eigenvalue weighted by molar-refractivity contribution is -0.0152. The second kappa shape index (κ2) is 5.44. The molecule has 2 aliphatic heterocycles. The van der Waals surface area contributed by atoms with Gasteiger partial charge in [0.1, 0.15) is 17.2 Å². The van der Waals surface area contributed by atoms with Gasteiger partial charge in [0.15, 0.2) is 0 Å². The SMILES string of the molecule is CC(C)(C)OC(=O)N1CCC2(CC1)N=C(N)c1ccccc1O2. The van der Waals surface area contributed by atoms with E-state index in [4.69, 9.17) is 15.2 Å². The normalized spacial score (nSPS) is 19.6. The molecule has 1 amide bonds. The van der Waals surface area contributed by atoms with Gasteiger partial charge in [-0.25, -0.2) is 9.79 Å². The van der Waals surface area contributed by atoms with Gasteiger partial charge in [-0.1, -0.05) is 12.1 Å². The lowest BCUT2D eigenvalue weighted by Crippen LogP contribution is -2.51. The Morgan fingerprint density at radius 1 is 1.30 bits per heavy atom.